The second kappa shape index (κ2) is 6.28. The molecule has 5 nitrogen and oxygen atoms in total. The molecule has 0 unspecified atom stereocenters. The number of hydrogen-bond acceptors (Lipinski definition) is 5. The van der Waals surface area contributed by atoms with Crippen molar-refractivity contribution in [2.24, 2.45) is 0 Å². The lowest BCUT2D eigenvalue weighted by Crippen LogP contribution is -2.13. The molecule has 4 rings (SSSR count). The van der Waals surface area contributed by atoms with Gasteiger partial charge in [-0.3, -0.25) is 9.78 Å². The molecule has 0 amide bonds. The summed E-state index contributed by atoms with van der Waals surface area (Å²) in [6.45, 7) is 4.08. The molecule has 3 heterocycles. The number of nitrogens with zero attached hydrogens (tertiary/aromatic N) is 1. The molecule has 0 atom stereocenters. The summed E-state index contributed by atoms with van der Waals surface area (Å²) in [4.78, 5) is 17.3. The Morgan fingerprint density at radius 1 is 1.08 bits per heavy atom. The fraction of sp³-hybridized carbons (Fsp3) is 0.100. The molecule has 0 saturated carbocycles. The highest BCUT2D eigenvalue weighted by Gasteiger charge is 2.18. The molecule has 0 saturated heterocycles. The molecule has 1 aliphatic carbocycles. The van der Waals surface area contributed by atoms with E-state index in [-0.39, 0.29) is 12.2 Å². The number of ether oxygens (including phenoxy) is 2. The average molecular weight is 333 g/mol. The second-order valence-corrected chi connectivity index (χ2v) is 5.64. The van der Waals surface area contributed by atoms with Crippen molar-refractivity contribution in [3.63, 3.8) is 0 Å². The molecule has 0 fully saturated rings. The Morgan fingerprint density at radius 2 is 1.96 bits per heavy atom. The van der Waals surface area contributed by atoms with Crippen LogP contribution in [-0.2, 0) is 6.42 Å². The van der Waals surface area contributed by atoms with Gasteiger partial charge >= 0.3 is 0 Å². The van der Waals surface area contributed by atoms with E-state index in [1.807, 2.05) is 30.4 Å². The van der Waals surface area contributed by atoms with E-state index in [2.05, 4.69) is 11.6 Å². The van der Waals surface area contributed by atoms with Gasteiger partial charge in [-0.1, -0.05) is 37.0 Å². The van der Waals surface area contributed by atoms with Crippen LogP contribution in [0.15, 0.2) is 70.3 Å². The quantitative estimate of drug-likeness (QED) is 0.797. The van der Waals surface area contributed by atoms with Crippen molar-refractivity contribution < 1.29 is 13.9 Å². The van der Waals surface area contributed by atoms with Gasteiger partial charge in [-0.05, 0) is 18.1 Å². The standard InChI is InChI=1S/C20H15NO4/c1-13-5-3-2-4-6-14-17(8-7-13)23-11-15(20(14)22)16-9-18-19(10-21-16)25-12-24-18/h2-5,7-11H,1,6,12H2/b4-2-,5-3-,8-7-. The lowest BCUT2D eigenvalue weighted by Gasteiger charge is -2.07. The largest absolute Gasteiger partial charge is 0.464 e. The Labute approximate surface area is 144 Å². The predicted molar refractivity (Wildman–Crippen MR) is 94.5 cm³/mol. The minimum Gasteiger partial charge on any atom is -0.464 e. The van der Waals surface area contributed by atoms with Crippen LogP contribution in [0.2, 0.25) is 0 Å². The van der Waals surface area contributed by atoms with Crippen molar-refractivity contribution in [3.8, 4) is 22.8 Å². The molecule has 0 spiro atoms. The van der Waals surface area contributed by atoms with Crippen LogP contribution < -0.4 is 14.9 Å². The number of hydrogen-bond donors (Lipinski definition) is 0. The lowest BCUT2D eigenvalue weighted by molar-refractivity contribution is 0.174. The third kappa shape index (κ3) is 2.92. The highest BCUT2D eigenvalue weighted by molar-refractivity contribution is 5.64. The van der Waals surface area contributed by atoms with Gasteiger partial charge < -0.3 is 13.9 Å². The van der Waals surface area contributed by atoms with Crippen LogP contribution in [0.5, 0.6) is 11.5 Å². The van der Waals surface area contributed by atoms with E-state index >= 15 is 0 Å². The first-order valence-corrected chi connectivity index (χ1v) is 7.83. The SMILES string of the molecule is C=C1/C=C\C=C/Cc2c(occ(-c3cc4c(cn3)OCO4)c2=O)/C=C\1. The van der Waals surface area contributed by atoms with Crippen LogP contribution in [0.25, 0.3) is 17.3 Å². The Kier molecular flexibility index (Phi) is 3.82. The summed E-state index contributed by atoms with van der Waals surface area (Å²) in [6, 6.07) is 1.69. The van der Waals surface area contributed by atoms with Gasteiger partial charge in [-0.2, -0.15) is 0 Å². The Balaban J connectivity index is 1.82. The molecule has 0 bridgehead atoms. The van der Waals surface area contributed by atoms with Crippen molar-refractivity contribution in [1.29, 1.82) is 0 Å². The van der Waals surface area contributed by atoms with E-state index in [1.165, 1.54) is 6.26 Å². The van der Waals surface area contributed by atoms with Gasteiger partial charge in [0.2, 0.25) is 6.79 Å². The zero-order valence-electron chi connectivity index (χ0n) is 13.4. The lowest BCUT2D eigenvalue weighted by atomic mass is 10.0. The Morgan fingerprint density at radius 3 is 2.88 bits per heavy atom. The number of rotatable bonds is 1. The van der Waals surface area contributed by atoms with Gasteiger partial charge in [-0.15, -0.1) is 0 Å². The van der Waals surface area contributed by atoms with Crippen LogP contribution in [0.3, 0.4) is 0 Å². The number of allylic oxidation sites excluding steroid dienone is 6. The first-order chi connectivity index (χ1) is 12.2. The minimum atomic E-state index is -0.114. The normalized spacial score (nSPS) is 19.1. The molecule has 1 aliphatic heterocycles. The molecule has 2 aliphatic rings. The monoisotopic (exact) mass is 333 g/mol. The van der Waals surface area contributed by atoms with E-state index in [4.69, 9.17) is 13.9 Å². The van der Waals surface area contributed by atoms with E-state index in [0.29, 0.717) is 40.5 Å². The first kappa shape index (κ1) is 15.2. The first-order valence-electron chi connectivity index (χ1n) is 7.83. The fourth-order valence-corrected chi connectivity index (χ4v) is 2.66. The van der Waals surface area contributed by atoms with Crippen molar-refractivity contribution in [1.82, 2.24) is 4.98 Å². The maximum absolute atomic E-state index is 13.0. The van der Waals surface area contributed by atoms with Crippen LogP contribution in [-0.4, -0.2) is 11.8 Å². The smallest absolute Gasteiger partial charge is 0.231 e. The van der Waals surface area contributed by atoms with Gasteiger partial charge in [0.25, 0.3) is 0 Å². The highest BCUT2D eigenvalue weighted by atomic mass is 16.7. The molecule has 2 aromatic heterocycles. The summed E-state index contributed by atoms with van der Waals surface area (Å²) in [5.41, 5.74) is 2.17. The molecule has 0 N–H and O–H groups in total. The topological polar surface area (TPSA) is 61.6 Å². The summed E-state index contributed by atoms with van der Waals surface area (Å²) in [5, 5.41) is 0. The molecule has 0 aromatic carbocycles. The molecular formula is C20H15NO4. The maximum Gasteiger partial charge on any atom is 0.231 e. The zero-order valence-corrected chi connectivity index (χ0v) is 13.4. The molecule has 124 valence electrons. The minimum absolute atomic E-state index is 0.114. The van der Waals surface area contributed by atoms with E-state index < -0.39 is 0 Å². The summed E-state index contributed by atoms with van der Waals surface area (Å²) >= 11 is 0. The van der Waals surface area contributed by atoms with Crippen LogP contribution >= 0.6 is 0 Å². The van der Waals surface area contributed by atoms with Crippen LogP contribution in [0, 0.1) is 0 Å². The average Bonchev–Trinajstić information content (AvgIpc) is 3.09. The molecular weight excluding hydrogens is 318 g/mol. The summed E-state index contributed by atoms with van der Waals surface area (Å²) in [7, 11) is 0. The van der Waals surface area contributed by atoms with E-state index in [1.54, 1.807) is 18.3 Å². The van der Waals surface area contributed by atoms with E-state index in [9.17, 15) is 4.79 Å². The van der Waals surface area contributed by atoms with Gasteiger partial charge in [0.05, 0.1) is 17.5 Å². The number of fused-ring (bicyclic) bond motifs is 2. The molecule has 25 heavy (non-hydrogen) atoms. The van der Waals surface area contributed by atoms with Gasteiger partial charge in [0.1, 0.15) is 12.0 Å². The summed E-state index contributed by atoms with van der Waals surface area (Å²) in [6.07, 6.45) is 14.6. The fourth-order valence-electron chi connectivity index (χ4n) is 2.66. The molecule has 0 radical (unpaired) electrons. The zero-order chi connectivity index (χ0) is 17.2. The van der Waals surface area contributed by atoms with Crippen molar-refractivity contribution in [2.75, 3.05) is 6.79 Å². The van der Waals surface area contributed by atoms with Crippen LogP contribution in [0.4, 0.5) is 0 Å². The highest BCUT2D eigenvalue weighted by Crippen LogP contribution is 2.33. The van der Waals surface area contributed by atoms with Gasteiger partial charge in [0, 0.05) is 11.6 Å². The summed E-state index contributed by atoms with van der Waals surface area (Å²) in [5.74, 6) is 1.67. The van der Waals surface area contributed by atoms with Gasteiger partial charge in [-0.25, -0.2) is 0 Å². The molecule has 2 aromatic rings. The van der Waals surface area contributed by atoms with E-state index in [0.717, 1.165) is 5.57 Å². The third-order valence-electron chi connectivity index (χ3n) is 3.98. The predicted octanol–water partition coefficient (Wildman–Crippen LogP) is 3.67. The van der Waals surface area contributed by atoms with Crippen LogP contribution in [0.1, 0.15) is 11.3 Å². The third-order valence-corrected chi connectivity index (χ3v) is 3.98. The van der Waals surface area contributed by atoms with Gasteiger partial charge in [0.15, 0.2) is 16.9 Å². The Bertz CT molecular complexity index is 995. The molecule has 5 heteroatoms. The number of aromatic nitrogens is 1. The second-order valence-electron chi connectivity index (χ2n) is 5.64. The number of pyridine rings is 1. The van der Waals surface area contributed by atoms with Crippen molar-refractivity contribution >= 4 is 6.08 Å². The summed E-state index contributed by atoms with van der Waals surface area (Å²) < 4.78 is 16.3. The van der Waals surface area contributed by atoms with Crippen molar-refractivity contribution in [2.45, 2.75) is 6.42 Å². The Hall–Kier alpha value is -3.34. The van der Waals surface area contributed by atoms with Crippen molar-refractivity contribution in [3.05, 3.63) is 82.6 Å². The maximum atomic E-state index is 13.0.